The predicted octanol–water partition coefficient (Wildman–Crippen LogP) is 9.64. The van der Waals surface area contributed by atoms with Crippen molar-refractivity contribution in [1.82, 2.24) is 0 Å². The molecule has 0 aromatic heterocycles. The second-order valence-corrected chi connectivity index (χ2v) is 15.2. The van der Waals surface area contributed by atoms with Gasteiger partial charge in [-0.2, -0.15) is 0 Å². The first-order chi connectivity index (χ1) is 20.8. The number of ether oxygens (including phenoxy) is 4. The molecule has 0 bridgehead atoms. The second-order valence-electron chi connectivity index (χ2n) is 15.2. The summed E-state index contributed by atoms with van der Waals surface area (Å²) in [5.41, 5.74) is 1.98. The molecule has 6 heteroatoms. The highest BCUT2D eigenvalue weighted by atomic mass is 16.6. The van der Waals surface area contributed by atoms with Crippen LogP contribution in [0.5, 0.6) is 11.5 Å². The SMILES string of the molecule is COc1ccc(-c2ccc(OC(=O)c3ccc(C(C)(C)OCCC(C)(C)OC(=O)C(CC(C)(C)C)C(C)(C)C)cc3)cc2)cc1. The Bertz CT molecular complexity index is 1400. The van der Waals surface area contributed by atoms with Gasteiger partial charge in [0.2, 0.25) is 0 Å². The zero-order valence-corrected chi connectivity index (χ0v) is 29.1. The first kappa shape index (κ1) is 35.8. The van der Waals surface area contributed by atoms with Crippen LogP contribution in [0.4, 0.5) is 0 Å². The summed E-state index contributed by atoms with van der Waals surface area (Å²) in [6.07, 6.45) is 1.31. The van der Waals surface area contributed by atoms with Crippen LogP contribution in [0.15, 0.2) is 72.8 Å². The first-order valence-corrected chi connectivity index (χ1v) is 15.7. The molecule has 0 aliphatic heterocycles. The molecule has 1 atom stereocenters. The number of hydrogen-bond acceptors (Lipinski definition) is 6. The summed E-state index contributed by atoms with van der Waals surface area (Å²) in [5.74, 6) is 0.491. The van der Waals surface area contributed by atoms with Gasteiger partial charge in [-0.1, -0.05) is 77.9 Å². The minimum Gasteiger partial charge on any atom is -0.497 e. The molecule has 1 unspecified atom stereocenters. The lowest BCUT2D eigenvalue weighted by Gasteiger charge is -2.37. The quantitative estimate of drug-likeness (QED) is 0.149. The van der Waals surface area contributed by atoms with Crippen LogP contribution in [0.3, 0.4) is 0 Å². The molecule has 0 saturated carbocycles. The highest BCUT2D eigenvalue weighted by molar-refractivity contribution is 5.91. The molecule has 6 nitrogen and oxygen atoms in total. The number of benzene rings is 3. The first-order valence-electron chi connectivity index (χ1n) is 15.7. The van der Waals surface area contributed by atoms with Crippen LogP contribution in [0.25, 0.3) is 11.1 Å². The Balaban J connectivity index is 1.55. The second kappa shape index (κ2) is 14.2. The molecule has 0 saturated heterocycles. The van der Waals surface area contributed by atoms with Gasteiger partial charge in [-0.15, -0.1) is 0 Å². The largest absolute Gasteiger partial charge is 0.497 e. The fourth-order valence-electron chi connectivity index (χ4n) is 5.06. The van der Waals surface area contributed by atoms with E-state index in [1.807, 2.05) is 76.2 Å². The number of methoxy groups -OCH3 is 1. The minimum atomic E-state index is -0.672. The fraction of sp³-hybridized carbons (Fsp3) is 0.487. The molecular formula is C39H52O6. The van der Waals surface area contributed by atoms with E-state index in [1.165, 1.54) is 0 Å². The Kier molecular flexibility index (Phi) is 11.3. The zero-order valence-electron chi connectivity index (χ0n) is 29.1. The van der Waals surface area contributed by atoms with E-state index in [1.54, 1.807) is 31.4 Å². The van der Waals surface area contributed by atoms with E-state index < -0.39 is 17.2 Å². The summed E-state index contributed by atoms with van der Waals surface area (Å²) in [6.45, 7) is 21.0. The number of esters is 2. The summed E-state index contributed by atoms with van der Waals surface area (Å²) in [6, 6.07) is 22.5. The van der Waals surface area contributed by atoms with Crippen LogP contribution in [0.2, 0.25) is 0 Å². The summed E-state index contributed by atoms with van der Waals surface area (Å²) in [7, 11) is 1.64. The molecule has 3 rings (SSSR count). The summed E-state index contributed by atoms with van der Waals surface area (Å²) < 4.78 is 23.2. The maximum atomic E-state index is 13.3. The van der Waals surface area contributed by atoms with E-state index >= 15 is 0 Å². The van der Waals surface area contributed by atoms with Gasteiger partial charge in [0, 0.05) is 6.42 Å². The Morgan fingerprint density at radius 2 is 1.20 bits per heavy atom. The van der Waals surface area contributed by atoms with E-state index in [2.05, 4.69) is 41.5 Å². The number of carbonyl (C=O) groups is 2. The lowest BCUT2D eigenvalue weighted by atomic mass is 9.72. The average molecular weight is 617 g/mol. The molecular weight excluding hydrogens is 564 g/mol. The maximum Gasteiger partial charge on any atom is 0.343 e. The molecule has 0 N–H and O–H groups in total. The van der Waals surface area contributed by atoms with E-state index in [-0.39, 0.29) is 22.7 Å². The van der Waals surface area contributed by atoms with E-state index in [0.29, 0.717) is 24.3 Å². The molecule has 45 heavy (non-hydrogen) atoms. The molecule has 0 radical (unpaired) electrons. The molecule has 0 heterocycles. The van der Waals surface area contributed by atoms with Crippen molar-refractivity contribution in [2.45, 2.75) is 93.3 Å². The van der Waals surface area contributed by atoms with Crippen molar-refractivity contribution in [2.75, 3.05) is 13.7 Å². The van der Waals surface area contributed by atoms with Crippen LogP contribution in [-0.2, 0) is 19.9 Å². The molecule has 0 amide bonds. The van der Waals surface area contributed by atoms with Crippen molar-refractivity contribution in [1.29, 1.82) is 0 Å². The molecule has 0 spiro atoms. The van der Waals surface area contributed by atoms with E-state index in [4.69, 9.17) is 18.9 Å². The topological polar surface area (TPSA) is 71.1 Å². The molecule has 3 aromatic carbocycles. The summed E-state index contributed by atoms with van der Waals surface area (Å²) in [4.78, 5) is 26.1. The van der Waals surface area contributed by atoms with Gasteiger partial charge in [0.1, 0.15) is 17.1 Å². The highest BCUT2D eigenvalue weighted by Crippen LogP contribution is 2.38. The molecule has 3 aromatic rings. The lowest BCUT2D eigenvalue weighted by Crippen LogP contribution is -2.39. The predicted molar refractivity (Wildman–Crippen MR) is 181 cm³/mol. The van der Waals surface area contributed by atoms with Gasteiger partial charge in [0.05, 0.1) is 30.8 Å². The van der Waals surface area contributed by atoms with Gasteiger partial charge in [-0.3, -0.25) is 4.79 Å². The van der Waals surface area contributed by atoms with Crippen LogP contribution in [-0.4, -0.2) is 31.3 Å². The monoisotopic (exact) mass is 616 g/mol. The number of hydrogen-bond donors (Lipinski definition) is 0. The molecule has 0 aliphatic rings. The maximum absolute atomic E-state index is 13.3. The van der Waals surface area contributed by atoms with Gasteiger partial charge >= 0.3 is 11.9 Å². The van der Waals surface area contributed by atoms with Gasteiger partial charge in [-0.05, 0) is 98.0 Å². The smallest absolute Gasteiger partial charge is 0.343 e. The minimum absolute atomic E-state index is 0.0184. The summed E-state index contributed by atoms with van der Waals surface area (Å²) in [5, 5.41) is 0. The third kappa shape index (κ3) is 10.7. The Morgan fingerprint density at radius 3 is 1.67 bits per heavy atom. The number of rotatable bonds is 12. The van der Waals surface area contributed by atoms with Crippen molar-refractivity contribution in [3.8, 4) is 22.6 Å². The van der Waals surface area contributed by atoms with Crippen LogP contribution < -0.4 is 9.47 Å². The zero-order chi connectivity index (χ0) is 33.6. The molecule has 0 fully saturated rings. The normalized spacial score (nSPS) is 13.2. The van der Waals surface area contributed by atoms with Crippen LogP contribution in [0, 0.1) is 16.7 Å². The van der Waals surface area contributed by atoms with Crippen molar-refractivity contribution < 1.29 is 28.5 Å². The van der Waals surface area contributed by atoms with Crippen molar-refractivity contribution >= 4 is 11.9 Å². The van der Waals surface area contributed by atoms with Crippen molar-refractivity contribution in [2.24, 2.45) is 16.7 Å². The Morgan fingerprint density at radius 1 is 0.689 bits per heavy atom. The van der Waals surface area contributed by atoms with E-state index in [0.717, 1.165) is 28.9 Å². The lowest BCUT2D eigenvalue weighted by molar-refractivity contribution is -0.169. The average Bonchev–Trinajstić information content (AvgIpc) is 2.95. The van der Waals surface area contributed by atoms with Crippen molar-refractivity contribution in [3.63, 3.8) is 0 Å². The third-order valence-corrected chi connectivity index (χ3v) is 7.99. The summed E-state index contributed by atoms with van der Waals surface area (Å²) >= 11 is 0. The third-order valence-electron chi connectivity index (χ3n) is 7.99. The molecule has 244 valence electrons. The number of carbonyl (C=O) groups excluding carboxylic acids is 2. The van der Waals surface area contributed by atoms with Gasteiger partial charge in [0.25, 0.3) is 0 Å². The Hall–Kier alpha value is -3.64. The van der Waals surface area contributed by atoms with Crippen LogP contribution in [0.1, 0.15) is 98.0 Å². The highest BCUT2D eigenvalue weighted by Gasteiger charge is 2.38. The Labute approximate surface area is 270 Å². The fourth-order valence-corrected chi connectivity index (χ4v) is 5.06. The molecule has 0 aliphatic carbocycles. The standard InChI is InChI=1S/C39H52O6/c1-36(2,3)26-33(37(4,5)6)35(41)45-38(7,8)24-25-43-39(9,10)30-18-12-29(13-19-30)34(40)44-32-22-16-28(17-23-32)27-14-20-31(42-11)21-15-27/h12-23,33H,24-26H2,1-11H3. The van der Waals surface area contributed by atoms with Gasteiger partial charge in [-0.25, -0.2) is 4.79 Å². The van der Waals surface area contributed by atoms with Gasteiger partial charge < -0.3 is 18.9 Å². The van der Waals surface area contributed by atoms with Gasteiger partial charge in [0.15, 0.2) is 0 Å². The van der Waals surface area contributed by atoms with Crippen molar-refractivity contribution in [3.05, 3.63) is 83.9 Å². The van der Waals surface area contributed by atoms with E-state index in [9.17, 15) is 9.59 Å². The van der Waals surface area contributed by atoms with Crippen LogP contribution >= 0.6 is 0 Å².